The summed E-state index contributed by atoms with van der Waals surface area (Å²) in [5.74, 6) is 0.280. The maximum atomic E-state index is 13.2. The van der Waals surface area contributed by atoms with Crippen LogP contribution in [-0.4, -0.2) is 62.9 Å². The number of rotatable bonds is 3. The molecule has 2 aliphatic heterocycles. The van der Waals surface area contributed by atoms with Crippen molar-refractivity contribution >= 4 is 21.7 Å². The standard InChI is InChI=1S/C21H25FN4O2S/c1-16-3-8-20(15-17(16)2)29(27,28)26-10-9-23-21(26)25-13-11-24(12-14-25)19-6-4-18(22)5-7-19/h3-8,15H,9-14H2,1-2H3. The molecule has 0 spiro atoms. The normalized spacial score (nSPS) is 17.6. The summed E-state index contributed by atoms with van der Waals surface area (Å²) >= 11 is 0. The summed E-state index contributed by atoms with van der Waals surface area (Å²) in [7, 11) is -3.64. The van der Waals surface area contributed by atoms with Gasteiger partial charge in [-0.05, 0) is 61.4 Å². The van der Waals surface area contributed by atoms with E-state index in [0.29, 0.717) is 37.0 Å². The van der Waals surface area contributed by atoms with Gasteiger partial charge in [-0.2, -0.15) is 0 Å². The van der Waals surface area contributed by atoms with Gasteiger partial charge >= 0.3 is 0 Å². The van der Waals surface area contributed by atoms with Gasteiger partial charge in [-0.1, -0.05) is 6.07 Å². The first kappa shape index (κ1) is 19.7. The van der Waals surface area contributed by atoms with Crippen molar-refractivity contribution < 1.29 is 12.8 Å². The molecule has 0 aromatic heterocycles. The molecule has 0 unspecified atom stereocenters. The van der Waals surface area contributed by atoms with E-state index in [9.17, 15) is 12.8 Å². The highest BCUT2D eigenvalue weighted by Gasteiger charge is 2.35. The van der Waals surface area contributed by atoms with Crippen molar-refractivity contribution in [1.82, 2.24) is 9.21 Å². The van der Waals surface area contributed by atoms with Crippen molar-refractivity contribution in [3.63, 3.8) is 0 Å². The molecule has 2 aliphatic rings. The number of anilines is 1. The molecule has 29 heavy (non-hydrogen) atoms. The number of piperazine rings is 1. The average Bonchev–Trinajstić information content (AvgIpc) is 3.21. The van der Waals surface area contributed by atoms with Crippen LogP contribution in [0.3, 0.4) is 0 Å². The van der Waals surface area contributed by atoms with Crippen LogP contribution in [0.1, 0.15) is 11.1 Å². The largest absolute Gasteiger partial charge is 0.368 e. The minimum atomic E-state index is -3.64. The third-order valence-corrected chi connectivity index (χ3v) is 7.38. The quantitative estimate of drug-likeness (QED) is 0.772. The second-order valence-electron chi connectivity index (χ2n) is 7.46. The van der Waals surface area contributed by atoms with Crippen molar-refractivity contribution in [1.29, 1.82) is 0 Å². The molecule has 8 heteroatoms. The van der Waals surface area contributed by atoms with Crippen LogP contribution in [0.25, 0.3) is 0 Å². The number of hydrogen-bond acceptors (Lipinski definition) is 5. The van der Waals surface area contributed by atoms with Gasteiger partial charge in [0.15, 0.2) is 0 Å². The second kappa shape index (κ2) is 7.67. The molecule has 2 aromatic rings. The predicted molar refractivity (Wildman–Crippen MR) is 112 cm³/mol. The van der Waals surface area contributed by atoms with Crippen molar-refractivity contribution in [2.24, 2.45) is 4.99 Å². The van der Waals surface area contributed by atoms with Gasteiger partial charge in [-0.3, -0.25) is 4.99 Å². The van der Waals surface area contributed by atoms with E-state index in [1.807, 2.05) is 24.8 Å². The van der Waals surface area contributed by atoms with E-state index >= 15 is 0 Å². The molecule has 0 N–H and O–H groups in total. The average molecular weight is 417 g/mol. The van der Waals surface area contributed by atoms with Crippen LogP contribution in [0.2, 0.25) is 0 Å². The zero-order valence-electron chi connectivity index (χ0n) is 16.7. The van der Waals surface area contributed by atoms with E-state index in [2.05, 4.69) is 9.89 Å². The Hall–Kier alpha value is -2.61. The summed E-state index contributed by atoms with van der Waals surface area (Å²) in [5, 5.41) is 0. The fourth-order valence-corrected chi connectivity index (χ4v) is 5.25. The van der Waals surface area contributed by atoms with Crippen molar-refractivity contribution in [3.05, 3.63) is 59.4 Å². The molecule has 0 amide bonds. The third kappa shape index (κ3) is 3.81. The van der Waals surface area contributed by atoms with Crippen LogP contribution in [0.4, 0.5) is 10.1 Å². The number of aliphatic imine (C=N–C) groups is 1. The van der Waals surface area contributed by atoms with Crippen LogP contribution in [0.5, 0.6) is 0 Å². The van der Waals surface area contributed by atoms with Gasteiger partial charge in [-0.25, -0.2) is 17.1 Å². The lowest BCUT2D eigenvalue weighted by atomic mass is 10.1. The maximum Gasteiger partial charge on any atom is 0.266 e. The molecule has 1 saturated heterocycles. The molecule has 154 valence electrons. The Morgan fingerprint density at radius 1 is 0.862 bits per heavy atom. The van der Waals surface area contributed by atoms with Gasteiger partial charge in [0.05, 0.1) is 18.0 Å². The van der Waals surface area contributed by atoms with E-state index in [-0.39, 0.29) is 5.82 Å². The molecule has 2 heterocycles. The highest BCUT2D eigenvalue weighted by atomic mass is 32.2. The number of aryl methyl sites for hydroxylation is 2. The SMILES string of the molecule is Cc1ccc(S(=O)(=O)N2CCN=C2N2CCN(c3ccc(F)cc3)CC2)cc1C. The molecule has 0 radical (unpaired) electrons. The smallest absolute Gasteiger partial charge is 0.266 e. The lowest BCUT2D eigenvalue weighted by Gasteiger charge is -2.38. The lowest BCUT2D eigenvalue weighted by Crippen LogP contribution is -2.53. The van der Waals surface area contributed by atoms with Crippen molar-refractivity contribution in [3.8, 4) is 0 Å². The Morgan fingerprint density at radius 3 is 2.17 bits per heavy atom. The molecule has 0 atom stereocenters. The predicted octanol–water partition coefficient (Wildman–Crippen LogP) is 2.63. The Morgan fingerprint density at radius 2 is 1.52 bits per heavy atom. The highest BCUT2D eigenvalue weighted by Crippen LogP contribution is 2.24. The Labute approximate surface area is 171 Å². The summed E-state index contributed by atoms with van der Waals surface area (Å²) in [6, 6.07) is 11.7. The number of halogens is 1. The van der Waals surface area contributed by atoms with E-state index in [1.165, 1.54) is 16.4 Å². The maximum absolute atomic E-state index is 13.2. The van der Waals surface area contributed by atoms with Gasteiger partial charge in [0.2, 0.25) is 5.96 Å². The highest BCUT2D eigenvalue weighted by molar-refractivity contribution is 7.89. The van der Waals surface area contributed by atoms with Gasteiger partial charge in [-0.15, -0.1) is 0 Å². The first-order valence-electron chi connectivity index (χ1n) is 9.76. The Kier molecular flexibility index (Phi) is 5.21. The summed E-state index contributed by atoms with van der Waals surface area (Å²) in [5.41, 5.74) is 2.99. The molecule has 2 aromatic carbocycles. The van der Waals surface area contributed by atoms with E-state index < -0.39 is 10.0 Å². The van der Waals surface area contributed by atoms with E-state index in [1.54, 1.807) is 24.3 Å². The molecule has 0 aliphatic carbocycles. The number of benzene rings is 2. The molecule has 0 bridgehead atoms. The van der Waals surface area contributed by atoms with Crippen LogP contribution >= 0.6 is 0 Å². The zero-order chi connectivity index (χ0) is 20.6. The molecule has 6 nitrogen and oxygen atoms in total. The van der Waals surface area contributed by atoms with Gasteiger partial charge in [0, 0.05) is 31.9 Å². The molecule has 0 saturated carbocycles. The fourth-order valence-electron chi connectivity index (χ4n) is 3.72. The van der Waals surface area contributed by atoms with E-state index in [0.717, 1.165) is 29.9 Å². The molecular formula is C21H25FN4O2S. The molecular weight excluding hydrogens is 391 g/mol. The van der Waals surface area contributed by atoms with Gasteiger partial charge in [0.1, 0.15) is 5.82 Å². The third-order valence-electron chi connectivity index (χ3n) is 5.60. The fraction of sp³-hybridized carbons (Fsp3) is 0.381. The summed E-state index contributed by atoms with van der Waals surface area (Å²) in [6.45, 7) is 7.49. The van der Waals surface area contributed by atoms with Gasteiger partial charge < -0.3 is 9.80 Å². The summed E-state index contributed by atoms with van der Waals surface area (Å²) in [6.07, 6.45) is 0. The minimum Gasteiger partial charge on any atom is -0.368 e. The zero-order valence-corrected chi connectivity index (χ0v) is 17.5. The summed E-state index contributed by atoms with van der Waals surface area (Å²) < 4.78 is 41.1. The van der Waals surface area contributed by atoms with Crippen molar-refractivity contribution in [2.75, 3.05) is 44.2 Å². The topological polar surface area (TPSA) is 56.2 Å². The number of sulfonamides is 1. The first-order chi connectivity index (χ1) is 13.9. The summed E-state index contributed by atoms with van der Waals surface area (Å²) in [4.78, 5) is 9.02. The minimum absolute atomic E-state index is 0.250. The monoisotopic (exact) mass is 416 g/mol. The number of hydrogen-bond donors (Lipinski definition) is 0. The van der Waals surface area contributed by atoms with Gasteiger partial charge in [0.25, 0.3) is 10.0 Å². The second-order valence-corrected chi connectivity index (χ2v) is 9.32. The Bertz CT molecular complexity index is 1030. The number of guanidine groups is 1. The van der Waals surface area contributed by atoms with Crippen molar-refractivity contribution in [2.45, 2.75) is 18.7 Å². The van der Waals surface area contributed by atoms with Crippen LogP contribution in [0.15, 0.2) is 52.4 Å². The first-order valence-corrected chi connectivity index (χ1v) is 11.2. The Balaban J connectivity index is 1.49. The molecule has 1 fully saturated rings. The van der Waals surface area contributed by atoms with Crippen LogP contribution < -0.4 is 4.90 Å². The van der Waals surface area contributed by atoms with E-state index in [4.69, 9.17) is 0 Å². The lowest BCUT2D eigenvalue weighted by molar-refractivity contribution is 0.358. The number of nitrogens with zero attached hydrogens (tertiary/aromatic N) is 4. The van der Waals surface area contributed by atoms with Crippen LogP contribution in [0, 0.1) is 19.7 Å². The van der Waals surface area contributed by atoms with Crippen LogP contribution in [-0.2, 0) is 10.0 Å². The molecule has 4 rings (SSSR count).